The Morgan fingerprint density at radius 1 is 1.26 bits per heavy atom. The van der Waals surface area contributed by atoms with Gasteiger partial charge in [0.2, 0.25) is 0 Å². The topological polar surface area (TPSA) is 101 Å². The van der Waals surface area contributed by atoms with Gasteiger partial charge in [0, 0.05) is 54.0 Å². The van der Waals surface area contributed by atoms with Crippen LogP contribution in [-0.2, 0) is 4.74 Å². The number of nitrogens with one attached hydrogen (secondary N) is 1. The molecule has 2 amide bonds. The number of carbonyl (C=O) groups is 2. The summed E-state index contributed by atoms with van der Waals surface area (Å²) in [5, 5.41) is 12.6. The van der Waals surface area contributed by atoms with Crippen molar-refractivity contribution in [2.75, 3.05) is 33.4 Å². The first-order valence-electron chi connectivity index (χ1n) is 11.3. The number of nitrogens with zero attached hydrogens (tertiary/aromatic N) is 2. The van der Waals surface area contributed by atoms with E-state index in [0.717, 1.165) is 26.1 Å². The van der Waals surface area contributed by atoms with Gasteiger partial charge in [-0.05, 0) is 37.6 Å². The summed E-state index contributed by atoms with van der Waals surface area (Å²) in [6.07, 6.45) is 2.60. The maximum atomic E-state index is 13.0. The van der Waals surface area contributed by atoms with Crippen LogP contribution in [0.5, 0.6) is 11.5 Å². The van der Waals surface area contributed by atoms with E-state index in [4.69, 9.17) is 14.6 Å². The van der Waals surface area contributed by atoms with Crippen LogP contribution in [-0.4, -0.2) is 66.3 Å². The third-order valence-corrected chi connectivity index (χ3v) is 8.24. The normalized spacial score (nSPS) is 15.7. The number of pyridine rings is 1. The van der Waals surface area contributed by atoms with Crippen LogP contribution < -0.4 is 10.1 Å². The smallest absolute Gasteiger partial charge is 0.264 e. The molecule has 5 rings (SSSR count). The molecule has 182 valence electrons. The Morgan fingerprint density at radius 3 is 2.89 bits per heavy atom. The number of hydrogen-bond acceptors (Lipinski definition) is 8. The predicted octanol–water partition coefficient (Wildman–Crippen LogP) is 4.19. The fraction of sp³-hybridized carbons (Fsp3) is 0.320. The maximum absolute atomic E-state index is 13.0. The molecule has 1 aromatic carbocycles. The minimum atomic E-state index is -0.196. The molecule has 0 unspecified atom stereocenters. The lowest BCUT2D eigenvalue weighted by molar-refractivity contribution is 0.0728. The van der Waals surface area contributed by atoms with Crippen molar-refractivity contribution < 1.29 is 24.2 Å². The van der Waals surface area contributed by atoms with Crippen LogP contribution in [0.15, 0.2) is 36.5 Å². The van der Waals surface area contributed by atoms with Crippen molar-refractivity contribution in [3.63, 3.8) is 0 Å². The summed E-state index contributed by atoms with van der Waals surface area (Å²) in [4.78, 5) is 33.3. The largest absolute Gasteiger partial charge is 0.456 e. The highest BCUT2D eigenvalue weighted by Crippen LogP contribution is 2.38. The number of amides is 2. The Kier molecular flexibility index (Phi) is 6.70. The second kappa shape index (κ2) is 9.90. The molecule has 35 heavy (non-hydrogen) atoms. The zero-order valence-electron chi connectivity index (χ0n) is 19.4. The Bertz CT molecular complexity index is 1410. The number of hydrogen-bond donors (Lipinski definition) is 2. The Hall–Kier alpha value is -3.05. The van der Waals surface area contributed by atoms with Crippen molar-refractivity contribution in [3.8, 4) is 11.5 Å². The fourth-order valence-electron chi connectivity index (χ4n) is 4.29. The lowest BCUT2D eigenvalue weighted by atomic mass is 10.1. The van der Waals surface area contributed by atoms with Crippen LogP contribution in [0, 0.1) is 6.92 Å². The number of aryl methyl sites for hydroxylation is 1. The molecular weight excluding hydrogens is 486 g/mol. The van der Waals surface area contributed by atoms with Crippen molar-refractivity contribution >= 4 is 54.8 Å². The third-order valence-electron chi connectivity index (χ3n) is 6.04. The van der Waals surface area contributed by atoms with E-state index in [1.807, 2.05) is 36.1 Å². The summed E-state index contributed by atoms with van der Waals surface area (Å²) in [5.41, 5.74) is 1.34. The van der Waals surface area contributed by atoms with Gasteiger partial charge in [-0.25, -0.2) is 0 Å². The standard InChI is InChI=1S/C25H25N3O5S2/c1-14-22(24(30)27-8-10-29)17-4-3-15(11-20(17)34-14)33-19-5-7-26-18-12-21(35-23(18)19)25(31)28-9-6-16(13-28)32-2/h3-5,7,11-12,16,29H,6,8-10,13H2,1-2H3,(H,27,30)/t16-/m1/s1. The van der Waals surface area contributed by atoms with Crippen LogP contribution in [0.4, 0.5) is 0 Å². The highest BCUT2D eigenvalue weighted by Gasteiger charge is 2.28. The highest BCUT2D eigenvalue weighted by molar-refractivity contribution is 7.21. The summed E-state index contributed by atoms with van der Waals surface area (Å²) in [6, 6.07) is 9.23. The number of thiophene rings is 2. The molecule has 0 spiro atoms. The number of aliphatic hydroxyl groups is 1. The first kappa shape index (κ1) is 23.7. The average molecular weight is 512 g/mol. The van der Waals surface area contributed by atoms with Gasteiger partial charge in [0.25, 0.3) is 11.8 Å². The number of fused-ring (bicyclic) bond motifs is 2. The second-order valence-corrected chi connectivity index (χ2v) is 10.6. The number of likely N-dealkylation sites (tertiary alicyclic amines) is 1. The molecule has 4 aromatic rings. The summed E-state index contributed by atoms with van der Waals surface area (Å²) in [5.74, 6) is 1.06. The van der Waals surface area contributed by atoms with Gasteiger partial charge >= 0.3 is 0 Å². The van der Waals surface area contributed by atoms with Crippen molar-refractivity contribution in [2.24, 2.45) is 0 Å². The maximum Gasteiger partial charge on any atom is 0.264 e. The average Bonchev–Trinajstić information content (AvgIpc) is 3.58. The van der Waals surface area contributed by atoms with Gasteiger partial charge < -0.3 is 24.8 Å². The van der Waals surface area contributed by atoms with Gasteiger partial charge in [0.15, 0.2) is 0 Å². The van der Waals surface area contributed by atoms with Crippen LogP contribution in [0.2, 0.25) is 0 Å². The molecule has 1 saturated heterocycles. The SMILES string of the molecule is CO[C@@H]1CCN(C(=O)c2cc3nccc(Oc4ccc5c(C(=O)NCCO)c(C)sc5c4)c3s2)C1. The van der Waals surface area contributed by atoms with Gasteiger partial charge in [-0.15, -0.1) is 22.7 Å². The van der Waals surface area contributed by atoms with E-state index in [0.29, 0.717) is 40.5 Å². The zero-order chi connectivity index (χ0) is 24.5. The van der Waals surface area contributed by atoms with Gasteiger partial charge in [-0.2, -0.15) is 0 Å². The second-order valence-electron chi connectivity index (χ2n) is 8.30. The van der Waals surface area contributed by atoms with E-state index in [2.05, 4.69) is 10.3 Å². The van der Waals surface area contributed by atoms with E-state index < -0.39 is 0 Å². The fourth-order valence-corrected chi connectivity index (χ4v) is 6.41. The molecule has 3 aromatic heterocycles. The van der Waals surface area contributed by atoms with Crippen molar-refractivity contribution in [3.05, 3.63) is 51.8 Å². The molecule has 1 aliphatic heterocycles. The molecule has 8 nitrogen and oxygen atoms in total. The number of benzene rings is 1. The lowest BCUT2D eigenvalue weighted by Gasteiger charge is -2.14. The Balaban J connectivity index is 1.41. The van der Waals surface area contributed by atoms with E-state index in [9.17, 15) is 9.59 Å². The summed E-state index contributed by atoms with van der Waals surface area (Å²) in [7, 11) is 1.67. The number of carbonyl (C=O) groups excluding carboxylic acids is 2. The highest BCUT2D eigenvalue weighted by atomic mass is 32.1. The quantitative estimate of drug-likeness (QED) is 0.386. The van der Waals surface area contributed by atoms with Gasteiger partial charge in [-0.3, -0.25) is 14.6 Å². The zero-order valence-corrected chi connectivity index (χ0v) is 21.0. The molecule has 0 bridgehead atoms. The molecule has 0 aliphatic carbocycles. The minimum Gasteiger partial charge on any atom is -0.456 e. The molecule has 1 atom stereocenters. The molecule has 0 radical (unpaired) electrons. The minimum absolute atomic E-state index is 0.0130. The lowest BCUT2D eigenvalue weighted by Crippen LogP contribution is -2.29. The van der Waals surface area contributed by atoms with Gasteiger partial charge in [0.1, 0.15) is 11.5 Å². The molecule has 2 N–H and O–H groups in total. The summed E-state index contributed by atoms with van der Waals surface area (Å²) < 4.78 is 13.4. The molecule has 4 heterocycles. The Labute approximate surface area is 210 Å². The number of rotatable bonds is 7. The molecule has 10 heteroatoms. The number of methoxy groups -OCH3 is 1. The monoisotopic (exact) mass is 511 g/mol. The van der Waals surface area contributed by atoms with Crippen molar-refractivity contribution in [1.82, 2.24) is 15.2 Å². The first-order valence-corrected chi connectivity index (χ1v) is 12.9. The van der Waals surface area contributed by atoms with E-state index >= 15 is 0 Å². The van der Waals surface area contributed by atoms with E-state index in [-0.39, 0.29) is 31.1 Å². The van der Waals surface area contributed by atoms with Crippen LogP contribution >= 0.6 is 22.7 Å². The molecule has 0 saturated carbocycles. The van der Waals surface area contributed by atoms with E-state index in [1.54, 1.807) is 19.4 Å². The molecule has 1 aliphatic rings. The van der Waals surface area contributed by atoms with Crippen molar-refractivity contribution in [2.45, 2.75) is 19.4 Å². The summed E-state index contributed by atoms with van der Waals surface area (Å²) in [6.45, 7) is 3.30. The summed E-state index contributed by atoms with van der Waals surface area (Å²) >= 11 is 2.90. The van der Waals surface area contributed by atoms with Crippen LogP contribution in [0.25, 0.3) is 20.3 Å². The number of aromatic nitrogens is 1. The number of aliphatic hydroxyl groups excluding tert-OH is 1. The van der Waals surface area contributed by atoms with Crippen LogP contribution in [0.1, 0.15) is 31.3 Å². The van der Waals surface area contributed by atoms with Crippen LogP contribution in [0.3, 0.4) is 0 Å². The first-order chi connectivity index (χ1) is 17.0. The van der Waals surface area contributed by atoms with E-state index in [1.165, 1.54) is 22.7 Å². The van der Waals surface area contributed by atoms with Gasteiger partial charge in [0.05, 0.1) is 33.4 Å². The van der Waals surface area contributed by atoms with Crippen molar-refractivity contribution in [1.29, 1.82) is 0 Å². The molecule has 1 fully saturated rings. The third kappa shape index (κ3) is 4.62. The predicted molar refractivity (Wildman–Crippen MR) is 137 cm³/mol. The molecular formula is C25H25N3O5S2. The Morgan fingerprint density at radius 2 is 2.11 bits per heavy atom. The van der Waals surface area contributed by atoms with Gasteiger partial charge in [-0.1, -0.05) is 0 Å². The number of ether oxygens (including phenoxy) is 2.